The molecule has 0 saturated carbocycles. The second-order valence-corrected chi connectivity index (χ2v) is 8.13. The highest BCUT2D eigenvalue weighted by Crippen LogP contribution is 2.36. The van der Waals surface area contributed by atoms with Gasteiger partial charge in [-0.15, -0.1) is 24.0 Å². The Morgan fingerprint density at radius 3 is 2.86 bits per heavy atom. The maximum Gasteiger partial charge on any atom is 0.191 e. The van der Waals surface area contributed by atoms with Gasteiger partial charge < -0.3 is 10.6 Å². The number of nitrogens with one attached hydrogen (secondary N) is 2. The molecule has 1 aromatic heterocycles. The minimum absolute atomic E-state index is 0. The van der Waals surface area contributed by atoms with Crippen LogP contribution >= 0.6 is 47.1 Å². The second-order valence-electron chi connectivity index (χ2n) is 5.67. The van der Waals surface area contributed by atoms with Crippen molar-refractivity contribution in [2.75, 3.05) is 25.9 Å². The number of thiophene rings is 1. The van der Waals surface area contributed by atoms with Gasteiger partial charge in [0.15, 0.2) is 5.96 Å². The van der Waals surface area contributed by atoms with Crippen LogP contribution in [-0.4, -0.2) is 36.6 Å². The van der Waals surface area contributed by atoms with E-state index in [1.807, 2.05) is 7.05 Å². The van der Waals surface area contributed by atoms with Crippen LogP contribution in [0.3, 0.4) is 0 Å². The Kier molecular flexibility index (Phi) is 8.41. The fourth-order valence-corrected chi connectivity index (χ4v) is 4.42. The van der Waals surface area contributed by atoms with Gasteiger partial charge in [0.05, 0.1) is 0 Å². The minimum atomic E-state index is 0. The molecule has 0 radical (unpaired) electrons. The first-order valence-corrected chi connectivity index (χ1v) is 9.16. The van der Waals surface area contributed by atoms with Gasteiger partial charge in [-0.3, -0.25) is 4.99 Å². The zero-order chi connectivity index (χ0) is 14.4. The average Bonchev–Trinajstić information content (AvgIpc) is 3.10. The minimum Gasteiger partial charge on any atom is -0.356 e. The molecular formula is C15H26IN3S2. The van der Waals surface area contributed by atoms with Crippen LogP contribution in [0.25, 0.3) is 0 Å². The highest BCUT2D eigenvalue weighted by atomic mass is 127. The summed E-state index contributed by atoms with van der Waals surface area (Å²) in [5, 5.41) is 11.3. The smallest absolute Gasteiger partial charge is 0.191 e. The van der Waals surface area contributed by atoms with Crippen LogP contribution in [0.1, 0.15) is 38.2 Å². The number of rotatable bonds is 5. The molecule has 2 heterocycles. The first kappa shape index (κ1) is 19.1. The molecule has 0 aliphatic carbocycles. The van der Waals surface area contributed by atoms with E-state index in [0.29, 0.717) is 10.7 Å². The molecule has 1 fully saturated rings. The summed E-state index contributed by atoms with van der Waals surface area (Å²) in [5.74, 6) is 2.72. The topological polar surface area (TPSA) is 36.4 Å². The van der Waals surface area contributed by atoms with Crippen LogP contribution in [0.15, 0.2) is 21.8 Å². The lowest BCUT2D eigenvalue weighted by molar-refractivity contribution is 0.582. The number of hydrogen-bond acceptors (Lipinski definition) is 3. The fourth-order valence-electron chi connectivity index (χ4n) is 2.39. The summed E-state index contributed by atoms with van der Waals surface area (Å²) in [7, 11) is 1.84. The largest absolute Gasteiger partial charge is 0.356 e. The van der Waals surface area contributed by atoms with Gasteiger partial charge in [0.25, 0.3) is 0 Å². The normalized spacial score (nSPS) is 23.5. The van der Waals surface area contributed by atoms with Gasteiger partial charge in [-0.25, -0.2) is 0 Å². The zero-order valence-corrected chi connectivity index (χ0v) is 17.0. The van der Waals surface area contributed by atoms with Gasteiger partial charge in [0.2, 0.25) is 0 Å². The molecule has 3 nitrogen and oxygen atoms in total. The van der Waals surface area contributed by atoms with Crippen molar-refractivity contribution in [3.63, 3.8) is 0 Å². The number of hydrogen-bond donors (Lipinski definition) is 2. The molecule has 1 aliphatic rings. The maximum atomic E-state index is 4.32. The van der Waals surface area contributed by atoms with Crippen molar-refractivity contribution in [3.8, 4) is 0 Å². The van der Waals surface area contributed by atoms with Gasteiger partial charge >= 0.3 is 0 Å². The predicted molar refractivity (Wildman–Crippen MR) is 108 cm³/mol. The van der Waals surface area contributed by atoms with E-state index in [0.717, 1.165) is 19.0 Å². The Hall–Kier alpha value is 0.0500. The average molecular weight is 439 g/mol. The van der Waals surface area contributed by atoms with Crippen LogP contribution < -0.4 is 10.6 Å². The summed E-state index contributed by atoms with van der Waals surface area (Å²) < 4.78 is 0.372. The maximum absolute atomic E-state index is 4.32. The lowest BCUT2D eigenvalue weighted by Gasteiger charge is -2.24. The second kappa shape index (κ2) is 9.25. The van der Waals surface area contributed by atoms with Gasteiger partial charge in [-0.05, 0) is 53.8 Å². The molecule has 1 aromatic rings. The zero-order valence-electron chi connectivity index (χ0n) is 13.0. The van der Waals surface area contributed by atoms with E-state index in [-0.39, 0.29) is 24.0 Å². The van der Waals surface area contributed by atoms with E-state index in [9.17, 15) is 0 Å². The summed E-state index contributed by atoms with van der Waals surface area (Å²) in [4.78, 5) is 4.32. The van der Waals surface area contributed by atoms with E-state index in [2.05, 4.69) is 58.1 Å². The first-order chi connectivity index (χ1) is 9.63. The molecule has 1 saturated heterocycles. The van der Waals surface area contributed by atoms with Crippen molar-refractivity contribution in [2.45, 2.75) is 37.4 Å². The summed E-state index contributed by atoms with van der Waals surface area (Å²) in [6.07, 6.45) is 2.64. The SMILES string of the molecule is CN=C(NCC(C)c1ccsc1)NCC1(C)CCCS1.I. The quantitative estimate of drug-likeness (QED) is 0.415. The number of halogens is 1. The first-order valence-electron chi connectivity index (χ1n) is 7.23. The highest BCUT2D eigenvalue weighted by molar-refractivity contribution is 14.0. The Balaban J connectivity index is 0.00000220. The molecule has 120 valence electrons. The molecule has 6 heteroatoms. The van der Waals surface area contributed by atoms with Crippen LogP contribution in [-0.2, 0) is 0 Å². The van der Waals surface area contributed by atoms with E-state index in [4.69, 9.17) is 0 Å². The van der Waals surface area contributed by atoms with Crippen molar-refractivity contribution >= 4 is 53.0 Å². The third-order valence-electron chi connectivity index (χ3n) is 3.84. The van der Waals surface area contributed by atoms with Gasteiger partial charge in [0.1, 0.15) is 0 Å². The van der Waals surface area contributed by atoms with Gasteiger partial charge in [-0.2, -0.15) is 23.1 Å². The lowest BCUT2D eigenvalue weighted by Crippen LogP contribution is -2.44. The third-order valence-corrected chi connectivity index (χ3v) is 6.08. The molecule has 0 aromatic carbocycles. The van der Waals surface area contributed by atoms with E-state index >= 15 is 0 Å². The Morgan fingerprint density at radius 2 is 2.29 bits per heavy atom. The number of nitrogens with zero attached hydrogens (tertiary/aromatic N) is 1. The molecule has 21 heavy (non-hydrogen) atoms. The van der Waals surface area contributed by atoms with Gasteiger partial charge in [0, 0.05) is 24.9 Å². The van der Waals surface area contributed by atoms with Gasteiger partial charge in [-0.1, -0.05) is 6.92 Å². The van der Waals surface area contributed by atoms with E-state index in [1.54, 1.807) is 11.3 Å². The van der Waals surface area contributed by atoms with E-state index in [1.165, 1.54) is 24.2 Å². The van der Waals surface area contributed by atoms with Crippen molar-refractivity contribution in [3.05, 3.63) is 22.4 Å². The molecule has 0 spiro atoms. The van der Waals surface area contributed by atoms with Crippen molar-refractivity contribution in [1.29, 1.82) is 0 Å². The van der Waals surface area contributed by atoms with Crippen LogP contribution in [0, 0.1) is 0 Å². The molecule has 0 bridgehead atoms. The molecule has 2 N–H and O–H groups in total. The standard InChI is InChI=1S/C15H25N3S2.HI/c1-12(13-5-8-19-10-13)9-17-14(16-3)18-11-15(2)6-4-7-20-15;/h5,8,10,12H,4,6-7,9,11H2,1-3H3,(H2,16,17,18);1H. The molecule has 0 amide bonds. The van der Waals surface area contributed by atoms with Crippen LogP contribution in [0.2, 0.25) is 0 Å². The van der Waals surface area contributed by atoms with Crippen molar-refractivity contribution in [1.82, 2.24) is 10.6 Å². The molecule has 2 rings (SSSR count). The molecule has 1 aliphatic heterocycles. The molecule has 2 unspecified atom stereocenters. The van der Waals surface area contributed by atoms with Crippen molar-refractivity contribution < 1.29 is 0 Å². The predicted octanol–water partition coefficient (Wildman–Crippen LogP) is 3.92. The molecule has 2 atom stereocenters. The van der Waals surface area contributed by atoms with Crippen molar-refractivity contribution in [2.24, 2.45) is 4.99 Å². The number of aliphatic imine (C=N–C) groups is 1. The Bertz CT molecular complexity index is 428. The monoisotopic (exact) mass is 439 g/mol. The van der Waals surface area contributed by atoms with Crippen LogP contribution in [0.5, 0.6) is 0 Å². The molecular weight excluding hydrogens is 413 g/mol. The fraction of sp³-hybridized carbons (Fsp3) is 0.667. The number of guanidine groups is 1. The van der Waals surface area contributed by atoms with Crippen LogP contribution in [0.4, 0.5) is 0 Å². The number of thioether (sulfide) groups is 1. The summed E-state index contributed by atoms with van der Waals surface area (Å²) >= 11 is 3.83. The Morgan fingerprint density at radius 1 is 1.48 bits per heavy atom. The Labute approximate surface area is 153 Å². The van der Waals surface area contributed by atoms with E-state index < -0.39 is 0 Å². The summed E-state index contributed by atoms with van der Waals surface area (Å²) in [6.45, 7) is 6.50. The summed E-state index contributed by atoms with van der Waals surface area (Å²) in [6, 6.07) is 2.20. The third kappa shape index (κ3) is 5.98. The summed E-state index contributed by atoms with van der Waals surface area (Å²) in [5.41, 5.74) is 1.40. The lowest BCUT2D eigenvalue weighted by atomic mass is 10.1. The highest BCUT2D eigenvalue weighted by Gasteiger charge is 2.29.